The van der Waals surface area contributed by atoms with Crippen molar-refractivity contribution >= 4 is 40.8 Å². The summed E-state index contributed by atoms with van der Waals surface area (Å²) < 4.78 is 0. The van der Waals surface area contributed by atoms with E-state index in [4.69, 9.17) is 0 Å². The van der Waals surface area contributed by atoms with Crippen molar-refractivity contribution in [3.63, 3.8) is 0 Å². The van der Waals surface area contributed by atoms with E-state index in [-0.39, 0.29) is 30.8 Å². The van der Waals surface area contributed by atoms with E-state index in [9.17, 15) is 19.2 Å². The number of thiophene rings is 1. The molecule has 3 aromatic rings. The van der Waals surface area contributed by atoms with Crippen LogP contribution in [0.25, 0.3) is 11.1 Å². The van der Waals surface area contributed by atoms with Crippen molar-refractivity contribution in [2.45, 2.75) is 32.0 Å². The highest BCUT2D eigenvalue weighted by molar-refractivity contribution is 7.14. The third-order valence-corrected chi connectivity index (χ3v) is 7.08. The highest BCUT2D eigenvalue weighted by Crippen LogP contribution is 2.33. The number of carbonyl (C=O) groups excluding carboxylic acids is 4. The van der Waals surface area contributed by atoms with Gasteiger partial charge in [0.25, 0.3) is 5.91 Å². The summed E-state index contributed by atoms with van der Waals surface area (Å²) in [5.41, 5.74) is 3.69. The first kappa shape index (κ1) is 21.8. The molecule has 2 aliphatic rings. The predicted molar refractivity (Wildman–Crippen MR) is 128 cm³/mol. The zero-order valence-electron chi connectivity index (χ0n) is 18.2. The lowest BCUT2D eigenvalue weighted by Crippen LogP contribution is -2.52. The van der Waals surface area contributed by atoms with E-state index in [1.807, 2.05) is 60.7 Å². The Hall–Kier alpha value is -3.98. The van der Waals surface area contributed by atoms with Gasteiger partial charge in [0, 0.05) is 23.5 Å². The Labute approximate surface area is 200 Å². The molecule has 0 bridgehead atoms. The summed E-state index contributed by atoms with van der Waals surface area (Å²) in [6, 6.07) is 18.5. The standard InChI is InChI=1S/C25H22N4O4S/c30-21-11-10-20(23(31)28-21)29-14-17-12-19(34-22(17)24(29)32)13-26-25(33)27-18-8-6-16(7-9-18)15-4-2-1-3-5-15/h1-9,12,20H,10-11,13-14H2,(H2,26,27,33)(H,28,30,31). The van der Waals surface area contributed by atoms with Gasteiger partial charge in [-0.25, -0.2) is 4.79 Å². The van der Waals surface area contributed by atoms with Gasteiger partial charge in [-0.05, 0) is 41.3 Å². The molecule has 1 aromatic heterocycles. The van der Waals surface area contributed by atoms with Gasteiger partial charge in [-0.2, -0.15) is 0 Å². The second-order valence-corrected chi connectivity index (χ2v) is 9.35. The third kappa shape index (κ3) is 4.42. The second kappa shape index (κ2) is 9.11. The van der Waals surface area contributed by atoms with Gasteiger partial charge < -0.3 is 15.5 Å². The van der Waals surface area contributed by atoms with E-state index in [0.29, 0.717) is 23.5 Å². The lowest BCUT2D eigenvalue weighted by atomic mass is 10.0. The van der Waals surface area contributed by atoms with Crippen LogP contribution in [0.2, 0.25) is 0 Å². The highest BCUT2D eigenvalue weighted by Gasteiger charge is 2.40. The number of carbonyl (C=O) groups is 4. The molecule has 0 aliphatic carbocycles. The number of imide groups is 1. The van der Waals surface area contributed by atoms with Crippen LogP contribution >= 0.6 is 11.3 Å². The molecule has 34 heavy (non-hydrogen) atoms. The number of nitrogens with one attached hydrogen (secondary N) is 3. The van der Waals surface area contributed by atoms with Crippen LogP contribution in [0.3, 0.4) is 0 Å². The molecule has 2 aliphatic heterocycles. The number of benzene rings is 2. The first-order valence-electron chi connectivity index (χ1n) is 10.9. The molecule has 0 saturated carbocycles. The van der Waals surface area contributed by atoms with Crippen molar-refractivity contribution in [1.29, 1.82) is 0 Å². The Balaban J connectivity index is 1.15. The van der Waals surface area contributed by atoms with Gasteiger partial charge in [0.15, 0.2) is 0 Å². The zero-order valence-corrected chi connectivity index (χ0v) is 19.0. The highest BCUT2D eigenvalue weighted by atomic mass is 32.1. The largest absolute Gasteiger partial charge is 0.333 e. The maximum atomic E-state index is 12.8. The number of fused-ring (bicyclic) bond motifs is 1. The SMILES string of the molecule is O=C1CCC(N2Cc3cc(CNC(=O)Nc4ccc(-c5ccccc5)cc4)sc3C2=O)C(=O)N1. The first-order chi connectivity index (χ1) is 16.5. The molecule has 0 spiro atoms. The lowest BCUT2D eigenvalue weighted by molar-refractivity contribution is -0.136. The number of hydrogen-bond donors (Lipinski definition) is 3. The van der Waals surface area contributed by atoms with Gasteiger partial charge in [-0.3, -0.25) is 19.7 Å². The normalized spacial score (nSPS) is 17.4. The molecule has 172 valence electrons. The lowest BCUT2D eigenvalue weighted by Gasteiger charge is -2.29. The number of hydrogen-bond acceptors (Lipinski definition) is 5. The van der Waals surface area contributed by atoms with Gasteiger partial charge in [0.2, 0.25) is 11.8 Å². The van der Waals surface area contributed by atoms with Gasteiger partial charge >= 0.3 is 6.03 Å². The molecule has 1 atom stereocenters. The predicted octanol–water partition coefficient (Wildman–Crippen LogP) is 3.50. The minimum atomic E-state index is -0.620. The number of amides is 5. The van der Waals surface area contributed by atoms with Crippen LogP contribution in [0.15, 0.2) is 60.7 Å². The van der Waals surface area contributed by atoms with E-state index in [1.165, 1.54) is 16.2 Å². The Kier molecular flexibility index (Phi) is 5.85. The molecular formula is C25H22N4O4S. The van der Waals surface area contributed by atoms with Crippen LogP contribution in [0, 0.1) is 0 Å². The fourth-order valence-electron chi connectivity index (χ4n) is 4.21. The third-order valence-electron chi connectivity index (χ3n) is 5.92. The number of nitrogens with zero attached hydrogens (tertiary/aromatic N) is 1. The number of anilines is 1. The van der Waals surface area contributed by atoms with Crippen molar-refractivity contribution in [2.75, 3.05) is 5.32 Å². The average molecular weight is 475 g/mol. The fraction of sp³-hybridized carbons (Fsp3) is 0.200. The fourth-order valence-corrected chi connectivity index (χ4v) is 5.27. The Morgan fingerprint density at radius 2 is 1.76 bits per heavy atom. The molecule has 5 rings (SSSR count). The smallest absolute Gasteiger partial charge is 0.319 e. The van der Waals surface area contributed by atoms with Crippen LogP contribution in [0.4, 0.5) is 10.5 Å². The molecule has 8 nitrogen and oxygen atoms in total. The van der Waals surface area contributed by atoms with E-state index in [2.05, 4.69) is 16.0 Å². The monoisotopic (exact) mass is 474 g/mol. The van der Waals surface area contributed by atoms with Crippen molar-refractivity contribution < 1.29 is 19.2 Å². The molecule has 3 N–H and O–H groups in total. The van der Waals surface area contributed by atoms with Crippen molar-refractivity contribution in [3.8, 4) is 11.1 Å². The maximum Gasteiger partial charge on any atom is 0.319 e. The van der Waals surface area contributed by atoms with Gasteiger partial charge in [-0.1, -0.05) is 42.5 Å². The Morgan fingerprint density at radius 1 is 1.03 bits per heavy atom. The van der Waals surface area contributed by atoms with Crippen molar-refractivity contribution in [2.24, 2.45) is 0 Å². The minimum Gasteiger partial charge on any atom is -0.333 e. The molecule has 2 aromatic carbocycles. The number of urea groups is 1. The zero-order chi connectivity index (χ0) is 23.7. The van der Waals surface area contributed by atoms with Crippen LogP contribution in [-0.2, 0) is 22.7 Å². The van der Waals surface area contributed by atoms with Crippen molar-refractivity contribution in [1.82, 2.24) is 15.5 Å². The summed E-state index contributed by atoms with van der Waals surface area (Å²) in [7, 11) is 0. The summed E-state index contributed by atoms with van der Waals surface area (Å²) >= 11 is 1.32. The Bertz CT molecular complexity index is 1270. The maximum absolute atomic E-state index is 12.8. The summed E-state index contributed by atoms with van der Waals surface area (Å²) in [5, 5.41) is 7.93. The molecule has 9 heteroatoms. The molecule has 0 radical (unpaired) electrons. The van der Waals surface area contributed by atoms with Crippen LogP contribution in [-0.4, -0.2) is 34.7 Å². The molecule has 5 amide bonds. The topological polar surface area (TPSA) is 108 Å². The molecular weight excluding hydrogens is 452 g/mol. The summed E-state index contributed by atoms with van der Waals surface area (Å²) in [5.74, 6) is -0.930. The van der Waals surface area contributed by atoms with Gasteiger partial charge in [-0.15, -0.1) is 11.3 Å². The van der Waals surface area contributed by atoms with Crippen molar-refractivity contribution in [3.05, 3.63) is 76.0 Å². The molecule has 1 fully saturated rings. The van der Waals surface area contributed by atoms with E-state index in [0.717, 1.165) is 21.6 Å². The van der Waals surface area contributed by atoms with Gasteiger partial charge in [0.05, 0.1) is 11.4 Å². The van der Waals surface area contributed by atoms with E-state index < -0.39 is 11.9 Å². The summed E-state index contributed by atoms with van der Waals surface area (Å²) in [6.07, 6.45) is 0.569. The van der Waals surface area contributed by atoms with Crippen LogP contribution in [0.5, 0.6) is 0 Å². The van der Waals surface area contributed by atoms with Crippen LogP contribution < -0.4 is 16.0 Å². The molecule has 1 saturated heterocycles. The number of rotatable bonds is 5. The molecule has 1 unspecified atom stereocenters. The second-order valence-electron chi connectivity index (χ2n) is 8.22. The van der Waals surface area contributed by atoms with E-state index in [1.54, 1.807) is 0 Å². The quantitative estimate of drug-likeness (QED) is 0.492. The van der Waals surface area contributed by atoms with Crippen LogP contribution in [0.1, 0.15) is 33.0 Å². The first-order valence-corrected chi connectivity index (χ1v) is 11.8. The minimum absolute atomic E-state index is 0.205. The summed E-state index contributed by atoms with van der Waals surface area (Å²) in [4.78, 5) is 51.6. The summed E-state index contributed by atoms with van der Waals surface area (Å²) in [6.45, 7) is 0.619. The number of piperidine rings is 1. The Morgan fingerprint density at radius 3 is 2.47 bits per heavy atom. The van der Waals surface area contributed by atoms with E-state index >= 15 is 0 Å². The van der Waals surface area contributed by atoms with Gasteiger partial charge in [0.1, 0.15) is 6.04 Å². The molecule has 3 heterocycles. The average Bonchev–Trinajstić information content (AvgIpc) is 3.37.